The molecule has 0 N–H and O–H groups in total. The molecule has 0 bridgehead atoms. The van der Waals surface area contributed by atoms with Gasteiger partial charge >= 0.3 is 0 Å². The Labute approximate surface area is 153 Å². The van der Waals surface area contributed by atoms with Gasteiger partial charge in [-0.3, -0.25) is 5.01 Å². The molecule has 0 aliphatic carbocycles. The molecular formula is C21H22N2O3. The summed E-state index contributed by atoms with van der Waals surface area (Å²) in [6, 6.07) is 19.7. The first-order valence-corrected chi connectivity index (χ1v) is 8.35. The van der Waals surface area contributed by atoms with E-state index >= 15 is 0 Å². The molecule has 5 heteroatoms. The van der Waals surface area contributed by atoms with E-state index < -0.39 is 0 Å². The van der Waals surface area contributed by atoms with Gasteiger partial charge in [0.1, 0.15) is 17.3 Å². The first-order valence-electron chi connectivity index (χ1n) is 8.35. The molecule has 0 spiro atoms. The number of ether oxygens (including phenoxy) is 2. The van der Waals surface area contributed by atoms with Gasteiger partial charge in [-0.2, -0.15) is 5.10 Å². The molecule has 2 aromatic carbocycles. The van der Waals surface area contributed by atoms with E-state index in [0.29, 0.717) is 13.1 Å². The number of hydrogen-bond acceptors (Lipinski definition) is 5. The molecule has 3 aromatic rings. The fraction of sp³-hybridized carbons (Fsp3) is 0.190. The Morgan fingerprint density at radius 3 is 1.81 bits per heavy atom. The molecule has 0 amide bonds. The van der Waals surface area contributed by atoms with E-state index in [1.807, 2.05) is 65.7 Å². The fourth-order valence-corrected chi connectivity index (χ4v) is 2.52. The number of nitrogens with zero attached hydrogens (tertiary/aromatic N) is 2. The zero-order valence-corrected chi connectivity index (χ0v) is 15.0. The molecule has 0 saturated carbocycles. The summed E-state index contributed by atoms with van der Waals surface area (Å²) in [5, 5.41) is 6.59. The molecule has 1 heterocycles. The highest BCUT2D eigenvalue weighted by atomic mass is 16.5. The third kappa shape index (κ3) is 4.89. The van der Waals surface area contributed by atoms with Crippen molar-refractivity contribution in [2.75, 3.05) is 14.2 Å². The molecule has 0 unspecified atom stereocenters. The van der Waals surface area contributed by atoms with Gasteiger partial charge in [0.05, 0.1) is 39.8 Å². The van der Waals surface area contributed by atoms with Crippen LogP contribution in [0.15, 0.2) is 76.4 Å². The summed E-state index contributed by atoms with van der Waals surface area (Å²) in [7, 11) is 3.33. The summed E-state index contributed by atoms with van der Waals surface area (Å²) >= 11 is 0. The maximum absolute atomic E-state index is 5.34. The van der Waals surface area contributed by atoms with Crippen molar-refractivity contribution in [1.82, 2.24) is 5.01 Å². The van der Waals surface area contributed by atoms with E-state index in [1.54, 1.807) is 26.7 Å². The van der Waals surface area contributed by atoms with Gasteiger partial charge in [0, 0.05) is 0 Å². The van der Waals surface area contributed by atoms with Crippen molar-refractivity contribution in [1.29, 1.82) is 0 Å². The predicted molar refractivity (Wildman–Crippen MR) is 102 cm³/mol. The number of hydrogen-bond donors (Lipinski definition) is 0. The molecule has 134 valence electrons. The van der Waals surface area contributed by atoms with Crippen LogP contribution < -0.4 is 9.47 Å². The second-order valence-electron chi connectivity index (χ2n) is 5.78. The van der Waals surface area contributed by atoms with Crippen LogP contribution in [0.4, 0.5) is 0 Å². The molecule has 5 nitrogen and oxygen atoms in total. The van der Waals surface area contributed by atoms with Crippen LogP contribution in [0.5, 0.6) is 11.5 Å². The third-order valence-electron chi connectivity index (χ3n) is 3.94. The lowest BCUT2D eigenvalue weighted by atomic mass is 10.2. The van der Waals surface area contributed by atoms with Gasteiger partial charge < -0.3 is 13.9 Å². The average Bonchev–Trinajstić information content (AvgIpc) is 3.21. The SMILES string of the molecule is COc1ccc(CN(Cc2ccc(OC)cc2)/N=C/c2ccco2)cc1. The highest BCUT2D eigenvalue weighted by Gasteiger charge is 2.06. The maximum Gasteiger partial charge on any atom is 0.146 e. The monoisotopic (exact) mass is 350 g/mol. The second kappa shape index (κ2) is 8.76. The zero-order chi connectivity index (χ0) is 18.2. The molecule has 0 aliphatic rings. The Morgan fingerprint density at radius 1 is 0.846 bits per heavy atom. The van der Waals surface area contributed by atoms with Crippen LogP contribution >= 0.6 is 0 Å². The molecule has 0 aliphatic heterocycles. The summed E-state index contributed by atoms with van der Waals surface area (Å²) in [6.07, 6.45) is 3.37. The predicted octanol–water partition coefficient (Wildman–Crippen LogP) is 4.33. The highest BCUT2D eigenvalue weighted by Crippen LogP contribution is 2.17. The van der Waals surface area contributed by atoms with E-state index in [1.165, 1.54) is 0 Å². The summed E-state index contributed by atoms with van der Waals surface area (Å²) in [5.74, 6) is 2.41. The molecular weight excluding hydrogens is 328 g/mol. The Hall–Kier alpha value is -3.21. The van der Waals surface area contributed by atoms with Crippen molar-refractivity contribution >= 4 is 6.21 Å². The largest absolute Gasteiger partial charge is 0.497 e. The van der Waals surface area contributed by atoms with Gasteiger partial charge in [0.25, 0.3) is 0 Å². The van der Waals surface area contributed by atoms with Crippen molar-refractivity contribution in [2.45, 2.75) is 13.1 Å². The molecule has 0 atom stereocenters. The Morgan fingerprint density at radius 2 is 1.38 bits per heavy atom. The quantitative estimate of drug-likeness (QED) is 0.448. The molecule has 0 saturated heterocycles. The molecule has 0 fully saturated rings. The third-order valence-corrected chi connectivity index (χ3v) is 3.94. The van der Waals surface area contributed by atoms with Crippen molar-refractivity contribution in [3.63, 3.8) is 0 Å². The summed E-state index contributed by atoms with van der Waals surface area (Å²) in [4.78, 5) is 0. The molecule has 1 aromatic heterocycles. The minimum Gasteiger partial charge on any atom is -0.497 e. The van der Waals surface area contributed by atoms with E-state index in [0.717, 1.165) is 28.4 Å². The van der Waals surface area contributed by atoms with E-state index in [2.05, 4.69) is 5.10 Å². The lowest BCUT2D eigenvalue weighted by Gasteiger charge is -2.19. The van der Waals surface area contributed by atoms with Gasteiger partial charge in [0.15, 0.2) is 0 Å². The van der Waals surface area contributed by atoms with Crippen LogP contribution in [-0.2, 0) is 13.1 Å². The van der Waals surface area contributed by atoms with Gasteiger partial charge in [-0.25, -0.2) is 0 Å². The highest BCUT2D eigenvalue weighted by molar-refractivity contribution is 5.75. The summed E-state index contributed by atoms with van der Waals surface area (Å²) in [6.45, 7) is 1.35. The van der Waals surface area contributed by atoms with Crippen molar-refractivity contribution in [3.05, 3.63) is 83.8 Å². The van der Waals surface area contributed by atoms with Gasteiger partial charge in [0.2, 0.25) is 0 Å². The van der Waals surface area contributed by atoms with Crippen molar-refractivity contribution < 1.29 is 13.9 Å². The minimum absolute atomic E-state index is 0.674. The van der Waals surface area contributed by atoms with Crippen molar-refractivity contribution in [2.24, 2.45) is 5.10 Å². The fourth-order valence-electron chi connectivity index (χ4n) is 2.52. The van der Waals surface area contributed by atoms with Crippen LogP contribution in [0.2, 0.25) is 0 Å². The lowest BCUT2D eigenvalue weighted by Crippen LogP contribution is -2.17. The normalized spacial score (nSPS) is 10.8. The van der Waals surface area contributed by atoms with E-state index in [9.17, 15) is 0 Å². The van der Waals surface area contributed by atoms with Crippen molar-refractivity contribution in [3.8, 4) is 11.5 Å². The standard InChI is InChI=1S/C21H22N2O3/c1-24-19-9-5-17(6-10-19)15-23(22-14-21-4-3-13-26-21)16-18-7-11-20(25-2)12-8-18/h3-14H,15-16H2,1-2H3/b22-14+. The van der Waals surface area contributed by atoms with Crippen LogP contribution in [0.1, 0.15) is 16.9 Å². The number of furan rings is 1. The van der Waals surface area contributed by atoms with Gasteiger partial charge in [-0.1, -0.05) is 24.3 Å². The second-order valence-corrected chi connectivity index (χ2v) is 5.78. The van der Waals surface area contributed by atoms with Crippen LogP contribution in [-0.4, -0.2) is 25.4 Å². The van der Waals surface area contributed by atoms with Crippen LogP contribution in [0.3, 0.4) is 0 Å². The maximum atomic E-state index is 5.34. The van der Waals surface area contributed by atoms with Crippen LogP contribution in [0.25, 0.3) is 0 Å². The zero-order valence-electron chi connectivity index (χ0n) is 15.0. The topological polar surface area (TPSA) is 47.2 Å². The number of methoxy groups -OCH3 is 2. The van der Waals surface area contributed by atoms with E-state index in [4.69, 9.17) is 13.9 Å². The summed E-state index contributed by atoms with van der Waals surface area (Å²) < 4.78 is 15.8. The van der Waals surface area contributed by atoms with Gasteiger partial charge in [-0.05, 0) is 47.5 Å². The lowest BCUT2D eigenvalue weighted by molar-refractivity contribution is 0.271. The Balaban J connectivity index is 1.75. The minimum atomic E-state index is 0.674. The Bertz CT molecular complexity index is 760. The molecule has 26 heavy (non-hydrogen) atoms. The van der Waals surface area contributed by atoms with Gasteiger partial charge in [-0.15, -0.1) is 0 Å². The average molecular weight is 350 g/mol. The van der Waals surface area contributed by atoms with Crippen LogP contribution in [0, 0.1) is 0 Å². The number of rotatable bonds is 8. The summed E-state index contributed by atoms with van der Waals surface area (Å²) in [5.41, 5.74) is 2.30. The van der Waals surface area contributed by atoms with E-state index in [-0.39, 0.29) is 0 Å². The first kappa shape index (κ1) is 17.6. The smallest absolute Gasteiger partial charge is 0.146 e. The molecule has 3 rings (SSSR count). The number of benzene rings is 2. The number of hydrazone groups is 1. The first-order chi connectivity index (χ1) is 12.8. The molecule has 0 radical (unpaired) electrons. The Kier molecular flexibility index (Phi) is 5.93.